The van der Waals surface area contributed by atoms with E-state index in [4.69, 9.17) is 23.2 Å². The van der Waals surface area contributed by atoms with Crippen molar-refractivity contribution in [3.05, 3.63) is 58.2 Å². The third-order valence-corrected chi connectivity index (χ3v) is 4.29. The molecule has 0 spiro atoms. The quantitative estimate of drug-likeness (QED) is 0.605. The second-order valence-corrected chi connectivity index (χ2v) is 5.45. The molecule has 1 nitrogen and oxygen atoms in total. The molecule has 1 aromatic heterocycles. The lowest BCUT2D eigenvalue weighted by Gasteiger charge is -2.05. The van der Waals surface area contributed by atoms with E-state index in [1.54, 1.807) is 11.8 Å². The van der Waals surface area contributed by atoms with Crippen LogP contribution < -0.4 is 17.0 Å². The van der Waals surface area contributed by atoms with Crippen LogP contribution in [0.5, 0.6) is 0 Å². The van der Waals surface area contributed by atoms with Crippen molar-refractivity contribution in [1.82, 2.24) is 0 Å². The molecular formula is C13H12Cl3NS. The number of benzene rings is 1. The molecule has 0 aliphatic carbocycles. The molecule has 96 valence electrons. The van der Waals surface area contributed by atoms with Crippen molar-refractivity contribution in [3.63, 3.8) is 0 Å². The highest BCUT2D eigenvalue weighted by atomic mass is 35.5. The third kappa shape index (κ3) is 3.79. The molecule has 0 saturated carbocycles. The number of halogens is 3. The Balaban J connectivity index is 0.00000162. The van der Waals surface area contributed by atoms with Gasteiger partial charge in [-0.05, 0) is 23.8 Å². The second-order valence-electron chi connectivity index (χ2n) is 3.64. The number of rotatable bonds is 3. The zero-order valence-corrected chi connectivity index (χ0v) is 12.8. The zero-order chi connectivity index (χ0) is 12.3. The number of nitrogens with zero attached hydrogens (tertiary/aromatic N) is 1. The van der Waals surface area contributed by atoms with Gasteiger partial charge in [-0.2, -0.15) is 4.57 Å². The fourth-order valence-corrected chi connectivity index (χ4v) is 3.21. The average Bonchev–Trinajstić information content (AvgIpc) is 2.30. The molecule has 0 N–H and O–H groups in total. The lowest BCUT2D eigenvalue weighted by molar-refractivity contribution is -0.708. The largest absolute Gasteiger partial charge is 1.00 e. The molecule has 5 heteroatoms. The molecule has 0 bridgehead atoms. The van der Waals surface area contributed by atoms with Gasteiger partial charge in [-0.25, -0.2) is 0 Å². The highest BCUT2D eigenvalue weighted by Crippen LogP contribution is 2.30. The topological polar surface area (TPSA) is 3.88 Å². The first kappa shape index (κ1) is 15.6. The summed E-state index contributed by atoms with van der Waals surface area (Å²) in [6.45, 7) is 0. The summed E-state index contributed by atoms with van der Waals surface area (Å²) in [4.78, 5) is 0. The highest BCUT2D eigenvalue weighted by molar-refractivity contribution is 7.98. The van der Waals surface area contributed by atoms with Gasteiger partial charge in [-0.15, -0.1) is 0 Å². The molecule has 0 fully saturated rings. The van der Waals surface area contributed by atoms with Crippen LogP contribution in [0.2, 0.25) is 10.0 Å². The van der Waals surface area contributed by atoms with E-state index in [1.807, 2.05) is 43.6 Å². The van der Waals surface area contributed by atoms with Gasteiger partial charge in [0, 0.05) is 27.9 Å². The van der Waals surface area contributed by atoms with E-state index >= 15 is 0 Å². The number of hydrogen-bond donors (Lipinski definition) is 0. The molecule has 2 rings (SSSR count). The Kier molecular flexibility index (Phi) is 6.30. The van der Waals surface area contributed by atoms with Crippen LogP contribution in [0.1, 0.15) is 5.56 Å². The monoisotopic (exact) mass is 319 g/mol. The van der Waals surface area contributed by atoms with E-state index in [9.17, 15) is 0 Å². The van der Waals surface area contributed by atoms with Crippen LogP contribution in [0.25, 0.3) is 0 Å². The minimum Gasteiger partial charge on any atom is -1.00 e. The molecule has 0 unspecified atom stereocenters. The predicted octanol–water partition coefficient (Wildman–Crippen LogP) is 1.11. The number of aryl methyl sites for hydroxylation is 1. The van der Waals surface area contributed by atoms with E-state index in [0.29, 0.717) is 0 Å². The van der Waals surface area contributed by atoms with E-state index in [-0.39, 0.29) is 12.4 Å². The Morgan fingerprint density at radius 1 is 1.06 bits per heavy atom. The molecule has 0 saturated heterocycles. The summed E-state index contributed by atoms with van der Waals surface area (Å²) in [5.74, 6) is 0.774. The number of hydrogen-bond acceptors (Lipinski definition) is 1. The van der Waals surface area contributed by atoms with Crippen LogP contribution in [0.4, 0.5) is 0 Å². The molecule has 0 radical (unpaired) electrons. The summed E-state index contributed by atoms with van der Waals surface area (Å²) in [6.07, 6.45) is 2.02. The molecule has 0 aliphatic heterocycles. The number of aromatic nitrogens is 1. The van der Waals surface area contributed by atoms with Crippen LogP contribution in [-0.2, 0) is 12.8 Å². The standard InChI is InChI=1S/C13H12Cl2NS.ClH/c1-16-8-3-2-7-13(16)17-9-10-11(14)5-4-6-12(10)15;/h2-8H,9H2,1H3;1H/q+1;/p-1. The lowest BCUT2D eigenvalue weighted by Crippen LogP contribution is -3.00. The van der Waals surface area contributed by atoms with E-state index < -0.39 is 0 Å². The first-order valence-electron chi connectivity index (χ1n) is 5.19. The summed E-state index contributed by atoms with van der Waals surface area (Å²) in [5, 5.41) is 2.63. The minimum atomic E-state index is 0. The van der Waals surface area contributed by atoms with Crippen molar-refractivity contribution < 1.29 is 17.0 Å². The first-order chi connectivity index (χ1) is 8.18. The fourth-order valence-electron chi connectivity index (χ4n) is 1.47. The normalized spacial score (nSPS) is 9.94. The highest BCUT2D eigenvalue weighted by Gasteiger charge is 2.10. The molecule has 18 heavy (non-hydrogen) atoms. The molecule has 2 aromatic rings. The van der Waals surface area contributed by atoms with Gasteiger partial charge >= 0.3 is 0 Å². The predicted molar refractivity (Wildman–Crippen MR) is 73.6 cm³/mol. The van der Waals surface area contributed by atoms with Crippen LogP contribution >= 0.6 is 35.0 Å². The summed E-state index contributed by atoms with van der Waals surface area (Å²) in [5.41, 5.74) is 0.990. The maximum Gasteiger partial charge on any atom is 0.240 e. The molecule has 0 aliphatic rings. The van der Waals surface area contributed by atoms with E-state index in [1.165, 1.54) is 5.03 Å². The van der Waals surface area contributed by atoms with Crippen molar-refractivity contribution in [3.8, 4) is 0 Å². The Morgan fingerprint density at radius 2 is 1.72 bits per heavy atom. The van der Waals surface area contributed by atoms with Gasteiger partial charge in [-0.3, -0.25) is 0 Å². The van der Waals surface area contributed by atoms with Crippen LogP contribution in [-0.4, -0.2) is 0 Å². The van der Waals surface area contributed by atoms with E-state index in [0.717, 1.165) is 21.4 Å². The zero-order valence-electron chi connectivity index (χ0n) is 9.74. The Hall–Kier alpha value is -0.410. The van der Waals surface area contributed by atoms with Crippen molar-refractivity contribution in [2.45, 2.75) is 10.8 Å². The fraction of sp³-hybridized carbons (Fsp3) is 0.154. The third-order valence-electron chi connectivity index (χ3n) is 2.43. The summed E-state index contributed by atoms with van der Waals surface area (Å²) < 4.78 is 2.08. The second kappa shape index (κ2) is 7.25. The van der Waals surface area contributed by atoms with Crippen LogP contribution in [0.3, 0.4) is 0 Å². The van der Waals surface area contributed by atoms with Crippen LogP contribution in [0.15, 0.2) is 47.6 Å². The van der Waals surface area contributed by atoms with Crippen molar-refractivity contribution in [1.29, 1.82) is 0 Å². The SMILES string of the molecule is C[n+]1ccccc1SCc1c(Cl)cccc1Cl.[Cl-]. The van der Waals surface area contributed by atoms with Gasteiger partial charge in [-0.1, -0.05) is 41.0 Å². The Bertz CT molecular complexity index is 511. The smallest absolute Gasteiger partial charge is 0.240 e. The lowest BCUT2D eigenvalue weighted by atomic mass is 10.2. The number of pyridine rings is 1. The van der Waals surface area contributed by atoms with Crippen molar-refractivity contribution >= 4 is 35.0 Å². The maximum atomic E-state index is 6.13. The Labute approximate surface area is 128 Å². The summed E-state index contributed by atoms with van der Waals surface area (Å²) in [6, 6.07) is 11.7. The van der Waals surface area contributed by atoms with E-state index in [2.05, 4.69) is 10.6 Å². The molecule has 0 amide bonds. The van der Waals surface area contributed by atoms with Crippen molar-refractivity contribution in [2.75, 3.05) is 0 Å². The molecular weight excluding hydrogens is 309 g/mol. The molecule has 1 heterocycles. The van der Waals surface area contributed by atoms with Gasteiger partial charge in [0.15, 0.2) is 6.20 Å². The van der Waals surface area contributed by atoms with Gasteiger partial charge in [0.1, 0.15) is 7.05 Å². The molecule has 0 atom stereocenters. The Morgan fingerprint density at radius 3 is 2.33 bits per heavy atom. The number of thioether (sulfide) groups is 1. The average molecular weight is 321 g/mol. The summed E-state index contributed by atoms with van der Waals surface area (Å²) >= 11 is 14.0. The van der Waals surface area contributed by atoms with Gasteiger partial charge in [0.25, 0.3) is 0 Å². The summed E-state index contributed by atoms with van der Waals surface area (Å²) in [7, 11) is 2.02. The van der Waals surface area contributed by atoms with Crippen molar-refractivity contribution in [2.24, 2.45) is 7.05 Å². The van der Waals surface area contributed by atoms with Gasteiger partial charge in [0.05, 0.1) is 0 Å². The maximum absolute atomic E-state index is 6.13. The van der Waals surface area contributed by atoms with Crippen LogP contribution in [0, 0.1) is 0 Å². The van der Waals surface area contributed by atoms with Gasteiger partial charge < -0.3 is 12.4 Å². The molecule has 1 aromatic carbocycles. The van der Waals surface area contributed by atoms with Gasteiger partial charge in [0.2, 0.25) is 5.03 Å². The minimum absolute atomic E-state index is 0. The first-order valence-corrected chi connectivity index (χ1v) is 6.93.